The van der Waals surface area contributed by atoms with Crippen LogP contribution in [0, 0.1) is 6.92 Å². The summed E-state index contributed by atoms with van der Waals surface area (Å²) in [6.07, 6.45) is 3.37. The molecule has 2 aliphatic rings. The predicted octanol–water partition coefficient (Wildman–Crippen LogP) is 3.56. The number of aliphatic hydroxyl groups is 1. The van der Waals surface area contributed by atoms with Crippen LogP contribution in [-0.4, -0.2) is 15.8 Å². The van der Waals surface area contributed by atoms with E-state index in [1.165, 1.54) is 6.42 Å². The minimum Gasteiger partial charge on any atom is -0.507 e. The lowest BCUT2D eigenvalue weighted by Gasteiger charge is -2.47. The SMILES string of the molecule is Cc1c(O)c(C(C)C)cc2c1[C@H](O)CC1(CCC1)O2. The fraction of sp³-hybridized carbons (Fsp3) is 0.625. The first-order valence-electron chi connectivity index (χ1n) is 7.17. The Morgan fingerprint density at radius 2 is 2.05 bits per heavy atom. The summed E-state index contributed by atoms with van der Waals surface area (Å²) in [7, 11) is 0. The first-order valence-corrected chi connectivity index (χ1v) is 7.17. The number of benzene rings is 1. The molecule has 0 radical (unpaired) electrons. The smallest absolute Gasteiger partial charge is 0.126 e. The highest BCUT2D eigenvalue weighted by Crippen LogP contribution is 2.52. The lowest BCUT2D eigenvalue weighted by molar-refractivity contribution is -0.0667. The minimum absolute atomic E-state index is 0.149. The average molecular weight is 262 g/mol. The van der Waals surface area contributed by atoms with Gasteiger partial charge in [0.15, 0.2) is 0 Å². The quantitative estimate of drug-likeness (QED) is 0.813. The van der Waals surface area contributed by atoms with Crippen molar-refractivity contribution < 1.29 is 14.9 Å². The second-order valence-corrected chi connectivity index (χ2v) is 6.36. The summed E-state index contributed by atoms with van der Waals surface area (Å²) in [6.45, 7) is 5.98. The van der Waals surface area contributed by atoms with Crippen LogP contribution in [-0.2, 0) is 0 Å². The van der Waals surface area contributed by atoms with E-state index in [0.29, 0.717) is 12.2 Å². The Morgan fingerprint density at radius 1 is 1.37 bits per heavy atom. The maximum Gasteiger partial charge on any atom is 0.126 e. The van der Waals surface area contributed by atoms with Crippen molar-refractivity contribution in [1.82, 2.24) is 0 Å². The Morgan fingerprint density at radius 3 is 2.58 bits per heavy atom. The fourth-order valence-electron chi connectivity index (χ4n) is 3.36. The molecule has 1 saturated carbocycles. The van der Waals surface area contributed by atoms with E-state index < -0.39 is 6.10 Å². The fourth-order valence-corrected chi connectivity index (χ4v) is 3.36. The lowest BCUT2D eigenvalue weighted by Crippen LogP contribution is -2.47. The van der Waals surface area contributed by atoms with Gasteiger partial charge in [-0.3, -0.25) is 0 Å². The van der Waals surface area contributed by atoms with Gasteiger partial charge >= 0.3 is 0 Å². The molecule has 3 nitrogen and oxygen atoms in total. The lowest BCUT2D eigenvalue weighted by atomic mass is 9.73. The van der Waals surface area contributed by atoms with E-state index in [0.717, 1.165) is 35.3 Å². The molecule has 3 heteroatoms. The number of ether oxygens (including phenoxy) is 1. The summed E-state index contributed by atoms with van der Waals surface area (Å²) in [5.74, 6) is 1.32. The van der Waals surface area contributed by atoms with Crippen molar-refractivity contribution in [3.05, 3.63) is 22.8 Å². The van der Waals surface area contributed by atoms with Crippen LogP contribution in [0.4, 0.5) is 0 Å². The Kier molecular flexibility index (Phi) is 2.79. The van der Waals surface area contributed by atoms with Crippen molar-refractivity contribution in [2.24, 2.45) is 0 Å². The monoisotopic (exact) mass is 262 g/mol. The molecule has 1 spiro atoms. The molecule has 1 aliphatic carbocycles. The summed E-state index contributed by atoms with van der Waals surface area (Å²) >= 11 is 0. The van der Waals surface area contributed by atoms with Gasteiger partial charge < -0.3 is 14.9 Å². The first-order chi connectivity index (χ1) is 8.93. The van der Waals surface area contributed by atoms with Gasteiger partial charge in [0.05, 0.1) is 6.10 Å². The summed E-state index contributed by atoms with van der Waals surface area (Å²) < 4.78 is 6.18. The van der Waals surface area contributed by atoms with Crippen LogP contribution in [0.5, 0.6) is 11.5 Å². The van der Waals surface area contributed by atoms with E-state index >= 15 is 0 Å². The van der Waals surface area contributed by atoms with Crippen LogP contribution in [0.3, 0.4) is 0 Å². The minimum atomic E-state index is -0.517. The van der Waals surface area contributed by atoms with Crippen molar-refractivity contribution in [2.45, 2.75) is 64.1 Å². The van der Waals surface area contributed by atoms with Gasteiger partial charge in [0.25, 0.3) is 0 Å². The number of phenolic OH excluding ortho intramolecular Hbond substituents is 1. The third-order valence-corrected chi connectivity index (χ3v) is 4.70. The number of aliphatic hydroxyl groups excluding tert-OH is 1. The molecule has 1 aliphatic heterocycles. The van der Waals surface area contributed by atoms with Crippen LogP contribution in [0.15, 0.2) is 6.07 Å². The van der Waals surface area contributed by atoms with Crippen molar-refractivity contribution in [1.29, 1.82) is 0 Å². The van der Waals surface area contributed by atoms with Gasteiger partial charge in [-0.1, -0.05) is 13.8 Å². The molecule has 19 heavy (non-hydrogen) atoms. The topological polar surface area (TPSA) is 49.7 Å². The van der Waals surface area contributed by atoms with E-state index in [2.05, 4.69) is 13.8 Å². The highest BCUT2D eigenvalue weighted by atomic mass is 16.5. The number of rotatable bonds is 1. The molecule has 1 fully saturated rings. The summed E-state index contributed by atoms with van der Waals surface area (Å²) in [6, 6.07) is 1.92. The van der Waals surface area contributed by atoms with Gasteiger partial charge in [0, 0.05) is 23.1 Å². The zero-order valence-electron chi connectivity index (χ0n) is 11.9. The Balaban J connectivity index is 2.11. The van der Waals surface area contributed by atoms with E-state index in [1.807, 2.05) is 13.0 Å². The molecule has 104 valence electrons. The summed E-state index contributed by atoms with van der Waals surface area (Å²) in [5, 5.41) is 20.7. The van der Waals surface area contributed by atoms with Gasteiger partial charge in [-0.15, -0.1) is 0 Å². The largest absolute Gasteiger partial charge is 0.507 e. The second kappa shape index (κ2) is 4.14. The van der Waals surface area contributed by atoms with E-state index in [1.54, 1.807) is 0 Å². The number of aromatic hydroxyl groups is 1. The molecule has 1 atom stereocenters. The average Bonchev–Trinajstić information content (AvgIpc) is 2.30. The van der Waals surface area contributed by atoms with Crippen LogP contribution >= 0.6 is 0 Å². The zero-order chi connectivity index (χ0) is 13.8. The maximum absolute atomic E-state index is 10.4. The van der Waals surface area contributed by atoms with Gasteiger partial charge in [-0.2, -0.15) is 0 Å². The Bertz CT molecular complexity index is 515. The second-order valence-electron chi connectivity index (χ2n) is 6.36. The van der Waals surface area contributed by atoms with E-state index in [9.17, 15) is 10.2 Å². The standard InChI is InChI=1S/C16H22O3/c1-9(2)11-7-13-14(10(3)15(11)18)12(17)8-16(19-13)5-4-6-16/h7,9,12,17-18H,4-6,8H2,1-3H3/t12-/m1/s1. The molecule has 0 saturated heterocycles. The van der Waals surface area contributed by atoms with Crippen molar-refractivity contribution in [2.75, 3.05) is 0 Å². The molecule has 0 aromatic heterocycles. The van der Waals surface area contributed by atoms with Crippen LogP contribution in [0.1, 0.15) is 68.2 Å². The van der Waals surface area contributed by atoms with Crippen LogP contribution in [0.2, 0.25) is 0 Å². The van der Waals surface area contributed by atoms with Crippen LogP contribution in [0.25, 0.3) is 0 Å². The number of fused-ring (bicyclic) bond motifs is 1. The van der Waals surface area contributed by atoms with Gasteiger partial charge in [-0.25, -0.2) is 0 Å². The van der Waals surface area contributed by atoms with Crippen molar-refractivity contribution >= 4 is 0 Å². The van der Waals surface area contributed by atoms with Gasteiger partial charge in [-0.05, 0) is 38.2 Å². The molecule has 1 aromatic rings. The normalized spacial score (nSPS) is 23.9. The number of hydrogen-bond acceptors (Lipinski definition) is 3. The molecule has 0 amide bonds. The molecule has 0 bridgehead atoms. The molecule has 1 heterocycles. The third kappa shape index (κ3) is 1.83. The number of phenols is 1. The highest BCUT2D eigenvalue weighted by molar-refractivity contribution is 5.55. The molecule has 2 N–H and O–H groups in total. The van der Waals surface area contributed by atoms with Crippen LogP contribution < -0.4 is 4.74 Å². The van der Waals surface area contributed by atoms with Crippen molar-refractivity contribution in [3.63, 3.8) is 0 Å². The van der Waals surface area contributed by atoms with E-state index in [4.69, 9.17) is 4.74 Å². The Hall–Kier alpha value is -1.22. The van der Waals surface area contributed by atoms with Crippen molar-refractivity contribution in [3.8, 4) is 11.5 Å². The molecule has 3 rings (SSSR count). The molecule has 0 unspecified atom stereocenters. The first kappa shape index (κ1) is 12.8. The molecule has 1 aromatic carbocycles. The summed E-state index contributed by atoms with van der Waals surface area (Å²) in [4.78, 5) is 0. The number of hydrogen-bond donors (Lipinski definition) is 2. The predicted molar refractivity (Wildman–Crippen MR) is 73.7 cm³/mol. The molecular formula is C16H22O3. The summed E-state index contributed by atoms with van der Waals surface area (Å²) in [5.41, 5.74) is 2.30. The zero-order valence-corrected chi connectivity index (χ0v) is 11.9. The van der Waals surface area contributed by atoms with Gasteiger partial charge in [0.1, 0.15) is 17.1 Å². The Labute approximate surface area is 114 Å². The van der Waals surface area contributed by atoms with E-state index in [-0.39, 0.29) is 11.5 Å². The third-order valence-electron chi connectivity index (χ3n) is 4.70. The maximum atomic E-state index is 10.4. The van der Waals surface area contributed by atoms with Gasteiger partial charge in [0.2, 0.25) is 0 Å². The molecular weight excluding hydrogens is 240 g/mol. The highest BCUT2D eigenvalue weighted by Gasteiger charge is 2.46.